The summed E-state index contributed by atoms with van der Waals surface area (Å²) in [5, 5.41) is 10.3. The zero-order valence-corrected chi connectivity index (χ0v) is 9.42. The molecule has 0 spiro atoms. The number of hydrogen-bond donors (Lipinski definition) is 2. The Bertz CT molecular complexity index is 219. The summed E-state index contributed by atoms with van der Waals surface area (Å²) in [6, 6.07) is 0. The van der Waals surface area contributed by atoms with Gasteiger partial charge in [0.2, 0.25) is 0 Å². The Kier molecular flexibility index (Phi) is 7.85. The number of nitrogens with one attached hydrogen (secondary N) is 1. The van der Waals surface area contributed by atoms with Gasteiger partial charge in [0.1, 0.15) is 0 Å². The molecular formula is C9H16F3NO4. The summed E-state index contributed by atoms with van der Waals surface area (Å²) in [4.78, 5) is 8.90. The van der Waals surface area contributed by atoms with Crippen LogP contribution in [0.1, 0.15) is 6.42 Å². The van der Waals surface area contributed by atoms with Crippen LogP contribution in [0.2, 0.25) is 0 Å². The molecule has 0 aromatic heterocycles. The molecule has 1 fully saturated rings. The highest BCUT2D eigenvalue weighted by atomic mass is 19.4. The van der Waals surface area contributed by atoms with E-state index in [1.165, 1.54) is 0 Å². The van der Waals surface area contributed by atoms with E-state index < -0.39 is 12.1 Å². The Hall–Kier alpha value is -0.860. The second-order valence-electron chi connectivity index (χ2n) is 3.30. The van der Waals surface area contributed by atoms with Crippen LogP contribution >= 0.6 is 0 Å². The minimum atomic E-state index is -5.08. The van der Waals surface area contributed by atoms with Crippen molar-refractivity contribution in [2.75, 3.05) is 33.4 Å². The lowest BCUT2D eigenvalue weighted by atomic mass is 10.2. The zero-order chi connectivity index (χ0) is 13.3. The summed E-state index contributed by atoms with van der Waals surface area (Å²) in [7, 11) is 1.71. The molecule has 1 aliphatic rings. The highest BCUT2D eigenvalue weighted by molar-refractivity contribution is 5.73. The number of halogens is 3. The van der Waals surface area contributed by atoms with Crippen LogP contribution in [0.5, 0.6) is 0 Å². The Labute approximate surface area is 96.9 Å². The molecule has 1 rings (SSSR count). The van der Waals surface area contributed by atoms with Crippen LogP contribution in [-0.2, 0) is 14.3 Å². The van der Waals surface area contributed by atoms with E-state index in [1.807, 2.05) is 0 Å². The Morgan fingerprint density at radius 3 is 2.24 bits per heavy atom. The van der Waals surface area contributed by atoms with Crippen LogP contribution < -0.4 is 5.32 Å². The van der Waals surface area contributed by atoms with Gasteiger partial charge in [-0.05, 0) is 6.42 Å². The molecule has 0 aromatic carbocycles. The normalized spacial score (nSPS) is 15.8. The molecule has 0 amide bonds. The largest absolute Gasteiger partial charge is 0.490 e. The van der Waals surface area contributed by atoms with Gasteiger partial charge in [-0.15, -0.1) is 0 Å². The molecule has 0 saturated carbocycles. The van der Waals surface area contributed by atoms with Crippen molar-refractivity contribution in [3.8, 4) is 0 Å². The minimum Gasteiger partial charge on any atom is -0.475 e. The second-order valence-corrected chi connectivity index (χ2v) is 3.30. The number of aliphatic carboxylic acids is 1. The lowest BCUT2D eigenvalue weighted by Crippen LogP contribution is -2.48. The average molecular weight is 259 g/mol. The van der Waals surface area contributed by atoms with Gasteiger partial charge in [-0.25, -0.2) is 4.79 Å². The fourth-order valence-electron chi connectivity index (χ4n) is 0.833. The topological polar surface area (TPSA) is 67.8 Å². The van der Waals surface area contributed by atoms with Crippen molar-refractivity contribution < 1.29 is 32.5 Å². The SMILES string of the molecule is COCCCOC1CNC1.O=C(O)C(F)(F)F. The van der Waals surface area contributed by atoms with Crippen molar-refractivity contribution in [2.45, 2.75) is 18.7 Å². The Morgan fingerprint density at radius 2 is 1.94 bits per heavy atom. The van der Waals surface area contributed by atoms with Crippen LogP contribution in [0, 0.1) is 0 Å². The van der Waals surface area contributed by atoms with Gasteiger partial charge in [0.05, 0.1) is 6.10 Å². The van der Waals surface area contributed by atoms with E-state index in [0.717, 1.165) is 32.7 Å². The quantitative estimate of drug-likeness (QED) is 0.709. The maximum absolute atomic E-state index is 10.6. The molecule has 0 unspecified atom stereocenters. The van der Waals surface area contributed by atoms with Crippen molar-refractivity contribution in [1.82, 2.24) is 5.32 Å². The second kappa shape index (κ2) is 8.26. The maximum Gasteiger partial charge on any atom is 0.490 e. The van der Waals surface area contributed by atoms with Crippen molar-refractivity contribution in [1.29, 1.82) is 0 Å². The third-order valence-electron chi connectivity index (χ3n) is 1.83. The molecule has 5 nitrogen and oxygen atoms in total. The van der Waals surface area contributed by atoms with Gasteiger partial charge in [-0.3, -0.25) is 0 Å². The van der Waals surface area contributed by atoms with Gasteiger partial charge in [0.15, 0.2) is 0 Å². The first kappa shape index (κ1) is 16.1. The molecule has 0 bridgehead atoms. The van der Waals surface area contributed by atoms with Gasteiger partial charge in [0, 0.05) is 33.4 Å². The Balaban J connectivity index is 0.000000325. The van der Waals surface area contributed by atoms with Gasteiger partial charge in [0.25, 0.3) is 0 Å². The van der Waals surface area contributed by atoms with Crippen molar-refractivity contribution in [2.24, 2.45) is 0 Å². The highest BCUT2D eigenvalue weighted by Gasteiger charge is 2.38. The van der Waals surface area contributed by atoms with Crippen LogP contribution in [0.4, 0.5) is 13.2 Å². The molecule has 1 heterocycles. The van der Waals surface area contributed by atoms with E-state index in [9.17, 15) is 13.2 Å². The first-order chi connectivity index (χ1) is 7.88. The van der Waals surface area contributed by atoms with Crippen molar-refractivity contribution in [3.05, 3.63) is 0 Å². The van der Waals surface area contributed by atoms with E-state index >= 15 is 0 Å². The molecule has 102 valence electrons. The lowest BCUT2D eigenvalue weighted by molar-refractivity contribution is -0.192. The molecule has 0 atom stereocenters. The molecular weight excluding hydrogens is 243 g/mol. The van der Waals surface area contributed by atoms with Crippen LogP contribution in [-0.4, -0.2) is 56.8 Å². The van der Waals surface area contributed by atoms with Crippen molar-refractivity contribution in [3.63, 3.8) is 0 Å². The van der Waals surface area contributed by atoms with E-state index in [-0.39, 0.29) is 0 Å². The summed E-state index contributed by atoms with van der Waals surface area (Å²) in [6.45, 7) is 3.68. The molecule has 1 aliphatic heterocycles. The number of ether oxygens (including phenoxy) is 2. The number of alkyl halides is 3. The van der Waals surface area contributed by atoms with Crippen LogP contribution in [0.3, 0.4) is 0 Å². The minimum absolute atomic E-state index is 0.469. The first-order valence-corrected chi connectivity index (χ1v) is 4.99. The van der Waals surface area contributed by atoms with Crippen LogP contribution in [0.25, 0.3) is 0 Å². The summed E-state index contributed by atoms with van der Waals surface area (Å²) in [5.41, 5.74) is 0. The molecule has 17 heavy (non-hydrogen) atoms. The number of carboxylic acid groups (broad SMARTS) is 1. The van der Waals surface area contributed by atoms with Crippen molar-refractivity contribution >= 4 is 5.97 Å². The van der Waals surface area contributed by atoms with E-state index in [1.54, 1.807) is 7.11 Å². The predicted molar refractivity (Wildman–Crippen MR) is 52.8 cm³/mol. The van der Waals surface area contributed by atoms with Gasteiger partial charge in [-0.1, -0.05) is 0 Å². The summed E-state index contributed by atoms with van der Waals surface area (Å²) in [6.07, 6.45) is -3.61. The smallest absolute Gasteiger partial charge is 0.475 e. The lowest BCUT2D eigenvalue weighted by Gasteiger charge is -2.26. The molecule has 1 saturated heterocycles. The standard InChI is InChI=1S/C7H15NO2.C2HF3O2/c1-9-3-2-4-10-7-5-8-6-7;3-2(4,5)1(6)7/h7-8H,2-6H2,1H3;(H,6,7). The maximum atomic E-state index is 10.6. The van der Waals surface area contributed by atoms with Crippen LogP contribution in [0.15, 0.2) is 0 Å². The monoisotopic (exact) mass is 259 g/mol. The number of hydrogen-bond acceptors (Lipinski definition) is 4. The van der Waals surface area contributed by atoms with E-state index in [2.05, 4.69) is 5.32 Å². The first-order valence-electron chi connectivity index (χ1n) is 4.99. The van der Waals surface area contributed by atoms with Gasteiger partial charge in [-0.2, -0.15) is 13.2 Å². The molecule has 8 heteroatoms. The Morgan fingerprint density at radius 1 is 1.41 bits per heavy atom. The third kappa shape index (κ3) is 8.90. The van der Waals surface area contributed by atoms with Gasteiger partial charge >= 0.3 is 12.1 Å². The van der Waals surface area contributed by atoms with Gasteiger partial charge < -0.3 is 19.9 Å². The zero-order valence-electron chi connectivity index (χ0n) is 9.42. The molecule has 0 aliphatic carbocycles. The number of carboxylic acids is 1. The van der Waals surface area contributed by atoms with E-state index in [4.69, 9.17) is 19.4 Å². The summed E-state index contributed by atoms with van der Waals surface area (Å²) >= 11 is 0. The molecule has 2 N–H and O–H groups in total. The molecule has 0 radical (unpaired) electrons. The highest BCUT2D eigenvalue weighted by Crippen LogP contribution is 2.13. The average Bonchev–Trinajstić information content (AvgIpc) is 2.14. The number of carbonyl (C=O) groups is 1. The predicted octanol–water partition coefficient (Wildman–Crippen LogP) is 0.645. The van der Waals surface area contributed by atoms with E-state index in [0.29, 0.717) is 6.10 Å². The third-order valence-corrected chi connectivity index (χ3v) is 1.83. The number of rotatable bonds is 5. The summed E-state index contributed by atoms with van der Waals surface area (Å²) in [5.74, 6) is -2.76. The fourth-order valence-corrected chi connectivity index (χ4v) is 0.833. The molecule has 0 aromatic rings. The number of methoxy groups -OCH3 is 1. The summed E-state index contributed by atoms with van der Waals surface area (Å²) < 4.78 is 42.1. The fraction of sp³-hybridized carbons (Fsp3) is 0.889.